The molecule has 29 heteroatoms. The molecule has 80 heavy (non-hydrogen) atoms. The van der Waals surface area contributed by atoms with Crippen LogP contribution in [0.5, 0.6) is 5.75 Å². The van der Waals surface area contributed by atoms with Crippen molar-refractivity contribution in [2.24, 2.45) is 33.7 Å². The number of ether oxygens (including phenoxy) is 2. The maximum Gasteiger partial charge on any atom is 0.246 e. The highest BCUT2D eigenvalue weighted by atomic mass is 33.1. The molecular formula is C51H68N14O13S2. The molecular weight excluding hydrogens is 1080 g/mol. The first-order valence-corrected chi connectivity index (χ1v) is 27.8. The normalized spacial score (nSPS) is 22.1. The molecule has 0 radical (unpaired) electrons. The molecule has 27 nitrogen and oxygen atoms in total. The third kappa shape index (κ3) is 19.8. The summed E-state index contributed by atoms with van der Waals surface area (Å²) in [5.41, 5.74) is 28.4. The monoisotopic (exact) mass is 1150 g/mol. The third-order valence-electron chi connectivity index (χ3n) is 12.7. The van der Waals surface area contributed by atoms with E-state index in [-0.39, 0.29) is 63.3 Å². The summed E-state index contributed by atoms with van der Waals surface area (Å²) in [6, 6.07) is 5.13. The fourth-order valence-corrected chi connectivity index (χ4v) is 11.5. The molecule has 11 amide bonds. The average Bonchev–Trinajstić information content (AvgIpc) is 3.95. The number of nitrogens with two attached hydrogens (primary N) is 5. The number of methoxy groups -OCH3 is 1. The average molecular weight is 1150 g/mol. The van der Waals surface area contributed by atoms with E-state index in [0.717, 1.165) is 21.6 Å². The van der Waals surface area contributed by atoms with Gasteiger partial charge in [0.1, 0.15) is 48.0 Å². The molecule has 7 atom stereocenters. The SMILES string of the molecule is COc1ccc(CC2NC(=O)CC3(C=COC=C3)SSCC(C(=O)N3CCC[C@H]3C(=O)N[C@@H](CCCN=C(N)N)C(=O)NCC(N)=O)NC(=O)[C@H](CC(N)=O)NC(=O)[C@H](CCC(N)=O)NC(=O)C(Cc3ccccc3)NC2=O)cc1. The Labute approximate surface area is 468 Å². The summed E-state index contributed by atoms with van der Waals surface area (Å²) in [6.45, 7) is -0.451. The predicted octanol–water partition coefficient (Wildman–Crippen LogP) is -3.24. The summed E-state index contributed by atoms with van der Waals surface area (Å²) in [6.07, 6.45) is 4.20. The van der Waals surface area contributed by atoms with Crippen LogP contribution in [0.25, 0.3) is 0 Å². The van der Waals surface area contributed by atoms with Crippen LogP contribution in [0.1, 0.15) is 62.5 Å². The van der Waals surface area contributed by atoms with Crippen LogP contribution in [0.3, 0.4) is 0 Å². The van der Waals surface area contributed by atoms with Crippen molar-refractivity contribution in [2.45, 2.75) is 111 Å². The van der Waals surface area contributed by atoms with Gasteiger partial charge in [-0.05, 0) is 67.5 Å². The molecule has 432 valence electrons. The van der Waals surface area contributed by atoms with Gasteiger partial charge in [-0.15, -0.1) is 0 Å². The Morgan fingerprint density at radius 1 is 0.775 bits per heavy atom. The van der Waals surface area contributed by atoms with Crippen LogP contribution < -0.4 is 70.6 Å². The second-order valence-corrected chi connectivity index (χ2v) is 21.6. The molecule has 0 aliphatic carbocycles. The molecule has 17 N–H and O–H groups in total. The van der Waals surface area contributed by atoms with E-state index in [1.807, 2.05) is 0 Å². The molecule has 3 unspecified atom stereocenters. The Bertz CT molecular complexity index is 2660. The van der Waals surface area contributed by atoms with Gasteiger partial charge in [-0.2, -0.15) is 0 Å². The van der Waals surface area contributed by atoms with Gasteiger partial charge in [0.15, 0.2) is 5.96 Å². The van der Waals surface area contributed by atoms with E-state index in [1.54, 1.807) is 66.7 Å². The largest absolute Gasteiger partial charge is 0.497 e. The Morgan fingerprint density at radius 2 is 1.39 bits per heavy atom. The fraction of sp³-hybridized carbons (Fsp3) is 0.451. The minimum Gasteiger partial charge on any atom is -0.497 e. The lowest BCUT2D eigenvalue weighted by Gasteiger charge is -2.32. The molecule has 0 aromatic heterocycles. The summed E-state index contributed by atoms with van der Waals surface area (Å²) in [7, 11) is 3.59. The Kier molecular flexibility index (Phi) is 24.0. The van der Waals surface area contributed by atoms with Crippen LogP contribution in [0.4, 0.5) is 0 Å². The van der Waals surface area contributed by atoms with Crippen LogP contribution >= 0.6 is 21.6 Å². The summed E-state index contributed by atoms with van der Waals surface area (Å²) in [5, 5.41) is 18.2. The van der Waals surface area contributed by atoms with Gasteiger partial charge < -0.3 is 80.3 Å². The number of carbonyl (C=O) groups is 11. The smallest absolute Gasteiger partial charge is 0.246 e. The van der Waals surface area contributed by atoms with Crippen molar-refractivity contribution in [2.75, 3.05) is 32.5 Å². The third-order valence-corrected chi connectivity index (χ3v) is 15.7. The topological polar surface area (TPSA) is 436 Å². The van der Waals surface area contributed by atoms with Crippen LogP contribution in [0, 0.1) is 0 Å². The van der Waals surface area contributed by atoms with Gasteiger partial charge in [0.25, 0.3) is 0 Å². The van der Waals surface area contributed by atoms with E-state index in [1.165, 1.54) is 24.5 Å². The Balaban J connectivity index is 1.54. The summed E-state index contributed by atoms with van der Waals surface area (Å²) >= 11 is 0. The molecule has 0 bridgehead atoms. The minimum atomic E-state index is -1.81. The number of guanidine groups is 1. The zero-order chi connectivity index (χ0) is 58.4. The number of primary amides is 3. The Hall–Kier alpha value is -8.34. The van der Waals surface area contributed by atoms with Gasteiger partial charge in [-0.1, -0.05) is 64.1 Å². The number of rotatable bonds is 20. The number of amides is 11. The number of nitrogens with one attached hydrogen (secondary N) is 7. The van der Waals surface area contributed by atoms with Crippen LogP contribution in [-0.2, 0) is 70.3 Å². The first kappa shape index (κ1) is 62.5. The van der Waals surface area contributed by atoms with Gasteiger partial charge in [0, 0.05) is 44.5 Å². The fourth-order valence-electron chi connectivity index (χ4n) is 8.66. The number of aliphatic imine (C=N–C) groups is 1. The maximum atomic E-state index is 14.9. The first-order valence-electron chi connectivity index (χ1n) is 25.4. The zero-order valence-corrected chi connectivity index (χ0v) is 45.5. The molecule has 3 aliphatic rings. The molecule has 2 aromatic carbocycles. The molecule has 1 spiro atoms. The predicted molar refractivity (Wildman–Crippen MR) is 294 cm³/mol. The lowest BCUT2D eigenvalue weighted by Crippen LogP contribution is -2.61. The van der Waals surface area contributed by atoms with Crippen molar-refractivity contribution in [1.82, 2.24) is 42.1 Å². The number of hydrogen-bond acceptors (Lipinski definition) is 16. The van der Waals surface area contributed by atoms with E-state index in [4.69, 9.17) is 38.1 Å². The van der Waals surface area contributed by atoms with Crippen molar-refractivity contribution < 1.29 is 62.2 Å². The lowest BCUT2D eigenvalue weighted by atomic mass is 10.00. The van der Waals surface area contributed by atoms with Crippen molar-refractivity contribution >= 4 is 92.5 Å². The molecule has 2 saturated heterocycles. The number of benzene rings is 2. The number of carbonyl (C=O) groups excluding carboxylic acids is 11. The van der Waals surface area contributed by atoms with Crippen LogP contribution in [-0.4, -0.2) is 155 Å². The second kappa shape index (κ2) is 30.7. The van der Waals surface area contributed by atoms with Crippen molar-refractivity contribution in [3.63, 3.8) is 0 Å². The first-order chi connectivity index (χ1) is 38.1. The van der Waals surface area contributed by atoms with E-state index < -0.39 is 138 Å². The molecule has 0 saturated carbocycles. The summed E-state index contributed by atoms with van der Waals surface area (Å²) in [4.78, 5) is 156. The van der Waals surface area contributed by atoms with Gasteiger partial charge in [0.2, 0.25) is 65.0 Å². The van der Waals surface area contributed by atoms with Gasteiger partial charge in [-0.3, -0.25) is 57.7 Å². The quantitative estimate of drug-likeness (QED) is 0.0268. The number of likely N-dealkylation sites (tertiary alicyclic amines) is 1. The molecule has 2 fully saturated rings. The van der Waals surface area contributed by atoms with Gasteiger partial charge in [0.05, 0.1) is 37.3 Å². The van der Waals surface area contributed by atoms with Crippen molar-refractivity contribution in [3.05, 3.63) is 90.4 Å². The molecule has 2 aromatic rings. The van der Waals surface area contributed by atoms with E-state index >= 15 is 0 Å². The summed E-state index contributed by atoms with van der Waals surface area (Å²) in [5.74, 6) is -9.56. The standard InChI is InChI=1S/C51H68N14O13S2/c1-77-31-13-11-30(12-14-31)24-34-45(72)62-35(23-29-7-3-2-4-8-29)46(73)60-33(15-16-39(52)66)44(71)63-36(25-40(53)67)47(74)64-37(28-79-80-51(26-42(69)59-34)17-21-78-22-18-51)49(76)65-20-6-10-38(65)48(75)61-32(9-5-19-57-50(55)56)43(70)58-27-41(54)68/h2-4,7-8,11-14,17-18,21-22,32-38H,5-6,9-10,15-16,19-20,23-28H2,1H3,(H2,52,66)(H2,53,67)(H2,54,68)(H,58,70)(H,59,69)(H,60,73)(H,61,75)(H,62,72)(H,63,71)(H,64,74)(H4,55,56,57)/t32-,33-,34?,35?,36-,37?,38-/m0/s1. The van der Waals surface area contributed by atoms with E-state index in [0.29, 0.717) is 23.3 Å². The highest BCUT2D eigenvalue weighted by Gasteiger charge is 2.42. The van der Waals surface area contributed by atoms with Crippen molar-refractivity contribution in [1.29, 1.82) is 0 Å². The number of hydrogen-bond donors (Lipinski definition) is 12. The summed E-state index contributed by atoms with van der Waals surface area (Å²) < 4.78 is 9.43. The van der Waals surface area contributed by atoms with Crippen molar-refractivity contribution in [3.8, 4) is 5.75 Å². The van der Waals surface area contributed by atoms with E-state index in [9.17, 15) is 52.7 Å². The highest BCUT2D eigenvalue weighted by molar-refractivity contribution is 8.77. The molecule has 3 heterocycles. The number of nitrogens with zero attached hydrogens (tertiary/aromatic N) is 2. The van der Waals surface area contributed by atoms with Crippen LogP contribution in [0.2, 0.25) is 0 Å². The van der Waals surface area contributed by atoms with E-state index in [2.05, 4.69) is 42.2 Å². The second-order valence-electron chi connectivity index (χ2n) is 18.9. The maximum absolute atomic E-state index is 14.9. The minimum absolute atomic E-state index is 0.00113. The molecule has 3 aliphatic heterocycles. The zero-order valence-electron chi connectivity index (χ0n) is 43.9. The highest BCUT2D eigenvalue weighted by Crippen LogP contribution is 2.43. The molecule has 5 rings (SSSR count). The van der Waals surface area contributed by atoms with Gasteiger partial charge in [-0.25, -0.2) is 0 Å². The van der Waals surface area contributed by atoms with Gasteiger partial charge >= 0.3 is 0 Å². The van der Waals surface area contributed by atoms with Crippen LogP contribution in [0.15, 0.2) is 84.3 Å². The lowest BCUT2D eigenvalue weighted by molar-refractivity contribution is -0.142. The Morgan fingerprint density at radius 3 is 2.01 bits per heavy atom.